The average molecular weight is 340 g/mol. The van der Waals surface area contributed by atoms with Gasteiger partial charge in [-0.05, 0) is 44.4 Å². The standard InChI is InChI=1S/C18H20N4OS/c1-13-15(11-22(21-13)16-8-4-3-5-9-16)7-6-10-19-18(23)17-14(2)20-12-24-17/h3-5,8-9,11-12H,6-7,10H2,1-2H3,(H,19,23). The molecule has 0 aliphatic rings. The van der Waals surface area contributed by atoms with Crippen LogP contribution >= 0.6 is 11.3 Å². The Labute approximate surface area is 145 Å². The number of hydrogen-bond acceptors (Lipinski definition) is 4. The Balaban J connectivity index is 1.53. The Kier molecular flexibility index (Phi) is 5.05. The number of aryl methyl sites for hydroxylation is 3. The lowest BCUT2D eigenvalue weighted by atomic mass is 10.1. The summed E-state index contributed by atoms with van der Waals surface area (Å²) in [5.74, 6) is -0.0355. The van der Waals surface area contributed by atoms with Gasteiger partial charge in [0.05, 0.1) is 22.6 Å². The van der Waals surface area contributed by atoms with E-state index in [-0.39, 0.29) is 5.91 Å². The average Bonchev–Trinajstić information content (AvgIpc) is 3.18. The molecule has 1 aromatic carbocycles. The lowest BCUT2D eigenvalue weighted by Gasteiger charge is -2.03. The number of rotatable bonds is 6. The van der Waals surface area contributed by atoms with E-state index >= 15 is 0 Å². The van der Waals surface area contributed by atoms with Gasteiger partial charge >= 0.3 is 0 Å². The van der Waals surface area contributed by atoms with Gasteiger partial charge in [0.25, 0.3) is 5.91 Å². The zero-order valence-electron chi connectivity index (χ0n) is 13.8. The van der Waals surface area contributed by atoms with Crippen LogP contribution in [0.2, 0.25) is 0 Å². The minimum absolute atomic E-state index is 0.0355. The van der Waals surface area contributed by atoms with Crippen molar-refractivity contribution in [2.24, 2.45) is 0 Å². The molecular formula is C18H20N4OS. The maximum Gasteiger partial charge on any atom is 0.263 e. The predicted octanol–water partition coefficient (Wildman–Crippen LogP) is 3.31. The minimum Gasteiger partial charge on any atom is -0.351 e. The van der Waals surface area contributed by atoms with Crippen LogP contribution in [0, 0.1) is 13.8 Å². The Morgan fingerprint density at radius 3 is 2.71 bits per heavy atom. The number of hydrogen-bond donors (Lipinski definition) is 1. The minimum atomic E-state index is -0.0355. The molecule has 124 valence electrons. The highest BCUT2D eigenvalue weighted by Crippen LogP contribution is 2.14. The molecule has 0 aliphatic heterocycles. The van der Waals surface area contributed by atoms with Gasteiger partial charge in [-0.15, -0.1) is 11.3 Å². The highest BCUT2D eigenvalue weighted by molar-refractivity contribution is 7.11. The van der Waals surface area contributed by atoms with Crippen molar-refractivity contribution >= 4 is 17.2 Å². The quantitative estimate of drug-likeness (QED) is 0.700. The number of thiazole rings is 1. The molecule has 24 heavy (non-hydrogen) atoms. The summed E-state index contributed by atoms with van der Waals surface area (Å²) in [4.78, 5) is 16.8. The van der Waals surface area contributed by atoms with Crippen LogP contribution in [0.3, 0.4) is 0 Å². The van der Waals surface area contributed by atoms with Crippen LogP contribution in [0.15, 0.2) is 42.0 Å². The first kappa shape index (κ1) is 16.4. The third kappa shape index (κ3) is 3.71. The van der Waals surface area contributed by atoms with Gasteiger partial charge in [0.1, 0.15) is 4.88 Å². The van der Waals surface area contributed by atoms with Crippen molar-refractivity contribution in [3.05, 3.63) is 63.9 Å². The van der Waals surface area contributed by atoms with E-state index in [1.807, 2.05) is 48.9 Å². The molecule has 6 heteroatoms. The van der Waals surface area contributed by atoms with E-state index in [1.165, 1.54) is 16.9 Å². The van der Waals surface area contributed by atoms with Crippen molar-refractivity contribution in [1.82, 2.24) is 20.1 Å². The predicted molar refractivity (Wildman–Crippen MR) is 95.8 cm³/mol. The summed E-state index contributed by atoms with van der Waals surface area (Å²) in [6.07, 6.45) is 3.84. The van der Waals surface area contributed by atoms with Crippen LogP contribution in [-0.4, -0.2) is 27.2 Å². The summed E-state index contributed by atoms with van der Waals surface area (Å²) < 4.78 is 1.91. The number of carbonyl (C=O) groups excluding carboxylic acids is 1. The Bertz CT molecular complexity index is 823. The molecule has 2 aromatic heterocycles. The second-order valence-corrected chi connectivity index (χ2v) is 6.50. The van der Waals surface area contributed by atoms with E-state index in [2.05, 4.69) is 21.6 Å². The monoisotopic (exact) mass is 340 g/mol. The van der Waals surface area contributed by atoms with Gasteiger partial charge in [0.2, 0.25) is 0 Å². The maximum absolute atomic E-state index is 12.0. The molecule has 0 unspecified atom stereocenters. The van der Waals surface area contributed by atoms with Gasteiger partial charge in [0.15, 0.2) is 0 Å². The van der Waals surface area contributed by atoms with Crippen molar-refractivity contribution < 1.29 is 4.79 Å². The van der Waals surface area contributed by atoms with Crippen LogP contribution < -0.4 is 5.32 Å². The molecule has 3 aromatic rings. The Morgan fingerprint density at radius 1 is 1.21 bits per heavy atom. The molecule has 5 nitrogen and oxygen atoms in total. The SMILES string of the molecule is Cc1nn(-c2ccccc2)cc1CCCNC(=O)c1scnc1C. The maximum atomic E-state index is 12.0. The lowest BCUT2D eigenvalue weighted by Crippen LogP contribution is -2.24. The van der Waals surface area contributed by atoms with Gasteiger partial charge in [-0.2, -0.15) is 5.10 Å². The summed E-state index contributed by atoms with van der Waals surface area (Å²) in [6, 6.07) is 10.1. The first-order valence-corrected chi connectivity index (χ1v) is 8.82. The number of para-hydroxylation sites is 1. The Hall–Kier alpha value is -2.47. The van der Waals surface area contributed by atoms with Crippen LogP contribution in [0.1, 0.15) is 33.0 Å². The number of amides is 1. The molecule has 2 heterocycles. The third-order valence-electron chi connectivity index (χ3n) is 3.88. The molecule has 3 rings (SSSR count). The second kappa shape index (κ2) is 7.40. The second-order valence-electron chi connectivity index (χ2n) is 5.65. The van der Waals surface area contributed by atoms with E-state index in [0.29, 0.717) is 11.4 Å². The largest absolute Gasteiger partial charge is 0.351 e. The van der Waals surface area contributed by atoms with Crippen LogP contribution in [0.5, 0.6) is 0 Å². The number of aromatic nitrogens is 3. The molecule has 0 bridgehead atoms. The molecule has 1 N–H and O–H groups in total. The van der Waals surface area contributed by atoms with Gasteiger partial charge in [-0.25, -0.2) is 9.67 Å². The third-order valence-corrected chi connectivity index (χ3v) is 4.81. The molecule has 0 radical (unpaired) electrons. The highest BCUT2D eigenvalue weighted by atomic mass is 32.1. The summed E-state index contributed by atoms with van der Waals surface area (Å²) in [6.45, 7) is 4.52. The van der Waals surface area contributed by atoms with Crippen LogP contribution in [-0.2, 0) is 6.42 Å². The van der Waals surface area contributed by atoms with Gasteiger partial charge in [0, 0.05) is 12.7 Å². The first-order chi connectivity index (χ1) is 11.6. The van der Waals surface area contributed by atoms with Gasteiger partial charge in [-0.3, -0.25) is 4.79 Å². The van der Waals surface area contributed by atoms with Crippen molar-refractivity contribution in [2.75, 3.05) is 6.54 Å². The fourth-order valence-corrected chi connectivity index (χ4v) is 3.25. The smallest absolute Gasteiger partial charge is 0.263 e. The van der Waals surface area contributed by atoms with Gasteiger partial charge < -0.3 is 5.32 Å². The fourth-order valence-electron chi connectivity index (χ4n) is 2.54. The van der Waals surface area contributed by atoms with Crippen molar-refractivity contribution in [2.45, 2.75) is 26.7 Å². The number of nitrogens with zero attached hydrogens (tertiary/aromatic N) is 3. The van der Waals surface area contributed by atoms with Crippen LogP contribution in [0.25, 0.3) is 5.69 Å². The Morgan fingerprint density at radius 2 is 2.00 bits per heavy atom. The molecule has 0 atom stereocenters. The molecule has 0 saturated heterocycles. The fraction of sp³-hybridized carbons (Fsp3) is 0.278. The van der Waals surface area contributed by atoms with Crippen molar-refractivity contribution in [3.63, 3.8) is 0 Å². The van der Waals surface area contributed by atoms with E-state index < -0.39 is 0 Å². The first-order valence-electron chi connectivity index (χ1n) is 7.94. The summed E-state index contributed by atoms with van der Waals surface area (Å²) in [5, 5.41) is 7.53. The molecule has 0 spiro atoms. The van der Waals surface area contributed by atoms with Gasteiger partial charge in [-0.1, -0.05) is 18.2 Å². The van der Waals surface area contributed by atoms with E-state index in [9.17, 15) is 4.79 Å². The zero-order chi connectivity index (χ0) is 16.9. The zero-order valence-corrected chi connectivity index (χ0v) is 14.6. The van der Waals surface area contributed by atoms with Crippen LogP contribution in [0.4, 0.5) is 0 Å². The highest BCUT2D eigenvalue weighted by Gasteiger charge is 2.11. The normalized spacial score (nSPS) is 10.8. The van der Waals surface area contributed by atoms with Crippen molar-refractivity contribution in [1.29, 1.82) is 0 Å². The topological polar surface area (TPSA) is 59.8 Å². The van der Waals surface area contributed by atoms with E-state index in [1.54, 1.807) is 5.51 Å². The molecule has 1 amide bonds. The molecule has 0 aliphatic carbocycles. The molecule has 0 fully saturated rings. The number of benzene rings is 1. The molecular weight excluding hydrogens is 320 g/mol. The summed E-state index contributed by atoms with van der Waals surface area (Å²) >= 11 is 1.38. The van der Waals surface area contributed by atoms with E-state index in [4.69, 9.17) is 0 Å². The number of nitrogens with one attached hydrogen (secondary N) is 1. The molecule has 0 saturated carbocycles. The van der Waals surface area contributed by atoms with E-state index in [0.717, 1.165) is 29.9 Å². The lowest BCUT2D eigenvalue weighted by molar-refractivity contribution is 0.0956. The number of carbonyl (C=O) groups is 1. The summed E-state index contributed by atoms with van der Waals surface area (Å²) in [7, 11) is 0. The summed E-state index contributed by atoms with van der Waals surface area (Å²) in [5.41, 5.74) is 5.79. The van der Waals surface area contributed by atoms with Crippen molar-refractivity contribution in [3.8, 4) is 5.69 Å².